The highest BCUT2D eigenvalue weighted by atomic mass is 19.1. The zero-order valence-corrected chi connectivity index (χ0v) is 15.7. The van der Waals surface area contributed by atoms with Gasteiger partial charge in [-0.25, -0.2) is 14.2 Å². The number of nitrogens with one attached hydrogen (secondary N) is 1. The van der Waals surface area contributed by atoms with Crippen LogP contribution in [0.15, 0.2) is 47.5 Å². The Hall–Kier alpha value is -3.06. The van der Waals surface area contributed by atoms with E-state index in [9.17, 15) is 19.1 Å². The van der Waals surface area contributed by atoms with Crippen LogP contribution in [0, 0.1) is 18.2 Å². The van der Waals surface area contributed by atoms with Crippen molar-refractivity contribution in [3.63, 3.8) is 0 Å². The molecule has 0 bridgehead atoms. The van der Waals surface area contributed by atoms with Gasteiger partial charge in [-0.2, -0.15) is 0 Å². The fourth-order valence-electron chi connectivity index (χ4n) is 4.13. The Balaban J connectivity index is 1.73. The number of quaternary nitrogens is 1. The van der Waals surface area contributed by atoms with Crippen LogP contribution in [-0.2, 0) is 17.8 Å². The van der Waals surface area contributed by atoms with Crippen molar-refractivity contribution >= 4 is 23.5 Å². The van der Waals surface area contributed by atoms with Crippen molar-refractivity contribution in [2.75, 3.05) is 13.6 Å². The number of benzene rings is 2. The number of imide groups is 1. The monoisotopic (exact) mass is 381 g/mol. The minimum absolute atomic E-state index is 0.0454. The second-order valence-electron chi connectivity index (χ2n) is 7.59. The maximum Gasteiger partial charge on any atom is 0.349 e. The molecule has 2 unspecified atom stereocenters. The predicted octanol–water partition coefficient (Wildman–Crippen LogP) is 0.744. The maximum atomic E-state index is 13.4. The molecule has 7 heteroatoms. The molecule has 0 fully saturated rings. The molecule has 2 aliphatic rings. The van der Waals surface area contributed by atoms with Crippen LogP contribution in [0.2, 0.25) is 0 Å². The van der Waals surface area contributed by atoms with Gasteiger partial charge in [0.1, 0.15) is 23.5 Å². The largest absolute Gasteiger partial charge is 0.861 e. The molecule has 3 amide bonds. The molecule has 0 aromatic heterocycles. The summed E-state index contributed by atoms with van der Waals surface area (Å²) in [5.41, 5.74) is 2.19. The number of carbonyl (C=O) groups is 2. The summed E-state index contributed by atoms with van der Waals surface area (Å²) in [7, 11) is 1.90. The normalized spacial score (nSPS) is 24.3. The molecule has 1 spiro atoms. The molecular weight excluding hydrogens is 361 g/mol. The molecule has 2 aromatic carbocycles. The summed E-state index contributed by atoms with van der Waals surface area (Å²) in [6, 6.07) is 10.7. The summed E-state index contributed by atoms with van der Waals surface area (Å²) in [6.45, 7) is 2.14. The Morgan fingerprint density at radius 3 is 2.64 bits per heavy atom. The molecule has 2 aromatic rings. The Kier molecular flexibility index (Phi) is 4.27. The van der Waals surface area contributed by atoms with Gasteiger partial charge < -0.3 is 10.0 Å². The van der Waals surface area contributed by atoms with Crippen molar-refractivity contribution in [2.24, 2.45) is 10.4 Å². The smallest absolute Gasteiger partial charge is 0.349 e. The average molecular weight is 381 g/mol. The molecule has 2 aliphatic heterocycles. The third-order valence-electron chi connectivity index (χ3n) is 5.53. The zero-order chi connectivity index (χ0) is 20.1. The van der Waals surface area contributed by atoms with Crippen LogP contribution in [-0.4, -0.2) is 36.3 Å². The molecular formula is C21H20FN3O3. The number of aliphatic imine (C=N–C) groups is 1. The summed E-state index contributed by atoms with van der Waals surface area (Å²) < 4.78 is 13.2. The van der Waals surface area contributed by atoms with Gasteiger partial charge in [-0.1, -0.05) is 29.8 Å². The standard InChI is InChI=1S/C21H20FN3O3/c1-13-3-8-17-15(9-13)10-21(12-24(17)2)18(26)23-20(28)25(19(21)27)11-14-4-6-16(22)7-5-14/h3-9H,10-12H2,1-2H3,(H,23,26,28). The number of rotatable bonds is 2. The third-order valence-corrected chi connectivity index (χ3v) is 5.53. The molecule has 0 aliphatic carbocycles. The number of hydrogen-bond acceptors (Lipinski definition) is 3. The molecule has 28 heavy (non-hydrogen) atoms. The first-order valence-electron chi connectivity index (χ1n) is 9.09. The maximum absolute atomic E-state index is 13.4. The van der Waals surface area contributed by atoms with Crippen molar-refractivity contribution in [2.45, 2.75) is 19.9 Å². The highest BCUT2D eigenvalue weighted by Gasteiger charge is 2.52. The van der Waals surface area contributed by atoms with Crippen LogP contribution < -0.4 is 10.0 Å². The van der Waals surface area contributed by atoms with Crippen LogP contribution in [0.25, 0.3) is 0 Å². The number of hydrogen-bond donors (Lipinski definition) is 1. The molecule has 6 nitrogen and oxygen atoms in total. The lowest BCUT2D eigenvalue weighted by atomic mass is 9.75. The van der Waals surface area contributed by atoms with E-state index in [-0.39, 0.29) is 19.5 Å². The molecule has 2 atom stereocenters. The van der Waals surface area contributed by atoms with Crippen molar-refractivity contribution in [3.05, 3.63) is 65.0 Å². The average Bonchev–Trinajstić information content (AvgIpc) is 2.65. The Labute approximate surface area is 161 Å². The van der Waals surface area contributed by atoms with E-state index < -0.39 is 29.1 Å². The van der Waals surface area contributed by atoms with Crippen molar-refractivity contribution in [1.82, 2.24) is 4.90 Å². The predicted molar refractivity (Wildman–Crippen MR) is 98.5 cm³/mol. The number of halogens is 1. The summed E-state index contributed by atoms with van der Waals surface area (Å²) >= 11 is 0. The lowest BCUT2D eigenvalue weighted by molar-refractivity contribution is -0.819. The van der Waals surface area contributed by atoms with Gasteiger partial charge in [0.15, 0.2) is 0 Å². The molecule has 144 valence electrons. The first-order chi connectivity index (χ1) is 13.3. The van der Waals surface area contributed by atoms with E-state index in [0.29, 0.717) is 5.56 Å². The minimum Gasteiger partial charge on any atom is -0.861 e. The third kappa shape index (κ3) is 2.88. The van der Waals surface area contributed by atoms with Crippen molar-refractivity contribution < 1.29 is 24.0 Å². The van der Waals surface area contributed by atoms with Gasteiger partial charge in [-0.05, 0) is 36.6 Å². The number of aryl methyl sites for hydroxylation is 1. The molecule has 0 radical (unpaired) electrons. The lowest BCUT2D eigenvalue weighted by Gasteiger charge is -2.45. The molecule has 2 heterocycles. The van der Waals surface area contributed by atoms with Crippen LogP contribution >= 0.6 is 0 Å². The second kappa shape index (κ2) is 6.53. The Morgan fingerprint density at radius 1 is 1.21 bits per heavy atom. The molecule has 0 saturated carbocycles. The Bertz CT molecular complexity index is 1000. The van der Waals surface area contributed by atoms with Gasteiger partial charge in [0.05, 0.1) is 13.6 Å². The van der Waals surface area contributed by atoms with E-state index in [1.54, 1.807) is 0 Å². The van der Waals surface area contributed by atoms with Crippen LogP contribution in [0.3, 0.4) is 0 Å². The lowest BCUT2D eigenvalue weighted by Crippen LogP contribution is -3.08. The first-order valence-corrected chi connectivity index (χ1v) is 9.09. The summed E-state index contributed by atoms with van der Waals surface area (Å²) in [5.74, 6) is -1.61. The highest BCUT2D eigenvalue weighted by Crippen LogP contribution is 2.34. The number of urea groups is 1. The fraction of sp³-hybridized carbons (Fsp3) is 0.286. The first kappa shape index (κ1) is 18.3. The van der Waals surface area contributed by atoms with E-state index in [1.807, 2.05) is 32.2 Å². The van der Waals surface area contributed by atoms with Crippen LogP contribution in [0.4, 0.5) is 14.9 Å². The topological polar surface area (TPSA) is 77.2 Å². The number of fused-ring (bicyclic) bond motifs is 1. The molecule has 1 N–H and O–H groups in total. The van der Waals surface area contributed by atoms with Gasteiger partial charge in [0, 0.05) is 12.0 Å². The van der Waals surface area contributed by atoms with E-state index in [4.69, 9.17) is 0 Å². The van der Waals surface area contributed by atoms with Crippen LogP contribution in [0.1, 0.15) is 16.7 Å². The zero-order valence-electron chi connectivity index (χ0n) is 15.7. The second-order valence-corrected chi connectivity index (χ2v) is 7.59. The number of nitrogens with zero attached hydrogens (tertiary/aromatic N) is 2. The van der Waals surface area contributed by atoms with Gasteiger partial charge in [0.25, 0.3) is 0 Å². The van der Waals surface area contributed by atoms with Gasteiger partial charge in [0.2, 0.25) is 5.91 Å². The van der Waals surface area contributed by atoms with Crippen molar-refractivity contribution in [1.29, 1.82) is 0 Å². The minimum atomic E-state index is -1.39. The van der Waals surface area contributed by atoms with Gasteiger partial charge in [-0.15, -0.1) is 0 Å². The van der Waals surface area contributed by atoms with Gasteiger partial charge in [-0.3, -0.25) is 9.69 Å². The van der Waals surface area contributed by atoms with Crippen LogP contribution in [0.5, 0.6) is 0 Å². The van der Waals surface area contributed by atoms with E-state index >= 15 is 0 Å². The summed E-state index contributed by atoms with van der Waals surface area (Å²) in [6.07, 6.45) is 0.218. The molecule has 4 rings (SSSR count). The summed E-state index contributed by atoms with van der Waals surface area (Å²) in [5, 5.41) is 12.8. The number of amides is 3. The summed E-state index contributed by atoms with van der Waals surface area (Å²) in [4.78, 5) is 31.3. The molecule has 0 saturated heterocycles. The Morgan fingerprint density at radius 2 is 1.93 bits per heavy atom. The number of carbonyl (C=O) groups excluding carboxylic acids is 2. The van der Waals surface area contributed by atoms with E-state index in [1.165, 1.54) is 24.3 Å². The SMILES string of the molecule is Cc1ccc2c(c1)CC1(C[NH+]2C)C(=O)N(Cc2ccc(F)cc2)C(=O)N=C1[O-]. The van der Waals surface area contributed by atoms with Crippen molar-refractivity contribution in [3.8, 4) is 0 Å². The quantitative estimate of drug-likeness (QED) is 0.834. The van der Waals surface area contributed by atoms with E-state index in [2.05, 4.69) is 4.99 Å². The highest BCUT2D eigenvalue weighted by molar-refractivity contribution is 6.16. The van der Waals surface area contributed by atoms with Gasteiger partial charge >= 0.3 is 6.03 Å². The fourth-order valence-corrected chi connectivity index (χ4v) is 4.13. The van der Waals surface area contributed by atoms with E-state index in [0.717, 1.165) is 26.6 Å².